The van der Waals surface area contributed by atoms with Crippen molar-refractivity contribution in [2.24, 2.45) is 11.7 Å². The molecule has 0 radical (unpaired) electrons. The summed E-state index contributed by atoms with van der Waals surface area (Å²) in [6.45, 7) is 2.67. The third kappa shape index (κ3) is 1.80. The smallest absolute Gasteiger partial charge is 0.0768 e. The van der Waals surface area contributed by atoms with Crippen molar-refractivity contribution in [2.75, 3.05) is 6.54 Å². The number of hydrogen-bond acceptors (Lipinski definition) is 2. The predicted octanol–water partition coefficient (Wildman–Crippen LogP) is 1.50. The first-order chi connectivity index (χ1) is 7.19. The molecule has 3 N–H and O–H groups in total. The summed E-state index contributed by atoms with van der Waals surface area (Å²) in [5.74, 6) is 0.213. The maximum Gasteiger partial charge on any atom is 0.0768 e. The Bertz CT molecular complexity index is 319. The molecular weight excluding hydrogens is 186 g/mol. The van der Waals surface area contributed by atoms with Crippen LogP contribution in [0, 0.1) is 5.92 Å². The summed E-state index contributed by atoms with van der Waals surface area (Å²) in [5.41, 5.74) is 7.69. The van der Waals surface area contributed by atoms with E-state index in [9.17, 15) is 5.11 Å². The van der Waals surface area contributed by atoms with E-state index in [1.165, 1.54) is 11.1 Å². The summed E-state index contributed by atoms with van der Waals surface area (Å²) in [7, 11) is 0. The number of hydrogen-bond donors (Lipinski definition) is 2. The van der Waals surface area contributed by atoms with Gasteiger partial charge in [0.2, 0.25) is 0 Å². The highest BCUT2D eigenvalue weighted by molar-refractivity contribution is 5.35. The van der Waals surface area contributed by atoms with Crippen LogP contribution in [0.1, 0.15) is 24.5 Å². The molecule has 82 valence electrons. The molecule has 1 aromatic rings. The molecule has 0 aromatic heterocycles. The minimum Gasteiger partial charge on any atom is -0.389 e. The summed E-state index contributed by atoms with van der Waals surface area (Å²) in [6.07, 6.45) is 2.47. The van der Waals surface area contributed by atoms with E-state index in [-0.39, 0.29) is 5.92 Å². The summed E-state index contributed by atoms with van der Waals surface area (Å²) < 4.78 is 0. The van der Waals surface area contributed by atoms with E-state index < -0.39 is 5.60 Å². The molecule has 0 amide bonds. The van der Waals surface area contributed by atoms with Gasteiger partial charge in [0.15, 0.2) is 0 Å². The van der Waals surface area contributed by atoms with Gasteiger partial charge in [0.25, 0.3) is 0 Å². The van der Waals surface area contributed by atoms with Gasteiger partial charge in [-0.25, -0.2) is 0 Å². The number of nitrogens with two attached hydrogens (primary N) is 1. The fourth-order valence-corrected chi connectivity index (χ4v) is 2.68. The van der Waals surface area contributed by atoms with E-state index >= 15 is 0 Å². The SMILES string of the molecule is CCC(CN)C1(O)Cc2ccccc2C1. The van der Waals surface area contributed by atoms with E-state index in [1.807, 2.05) is 12.1 Å². The van der Waals surface area contributed by atoms with Crippen molar-refractivity contribution >= 4 is 0 Å². The lowest BCUT2D eigenvalue weighted by Crippen LogP contribution is -2.42. The van der Waals surface area contributed by atoms with Crippen molar-refractivity contribution in [3.05, 3.63) is 35.4 Å². The van der Waals surface area contributed by atoms with Crippen LogP contribution in [-0.2, 0) is 12.8 Å². The first kappa shape index (κ1) is 10.7. The molecule has 0 aliphatic heterocycles. The van der Waals surface area contributed by atoms with Gasteiger partial charge in [-0.2, -0.15) is 0 Å². The Morgan fingerprint density at radius 3 is 2.27 bits per heavy atom. The second kappa shape index (κ2) is 3.95. The Hall–Kier alpha value is -0.860. The van der Waals surface area contributed by atoms with Crippen molar-refractivity contribution in [1.82, 2.24) is 0 Å². The molecule has 0 heterocycles. The molecule has 1 aliphatic rings. The van der Waals surface area contributed by atoms with Crippen LogP contribution in [0.2, 0.25) is 0 Å². The molecule has 0 bridgehead atoms. The summed E-state index contributed by atoms with van der Waals surface area (Å²) in [6, 6.07) is 8.29. The van der Waals surface area contributed by atoms with Crippen LogP contribution < -0.4 is 5.73 Å². The molecule has 2 heteroatoms. The molecule has 1 aromatic carbocycles. The number of benzene rings is 1. The zero-order valence-electron chi connectivity index (χ0n) is 9.24. The van der Waals surface area contributed by atoms with Crippen LogP contribution in [0.25, 0.3) is 0 Å². The molecule has 1 unspecified atom stereocenters. The lowest BCUT2D eigenvalue weighted by atomic mass is 9.83. The Morgan fingerprint density at radius 1 is 1.33 bits per heavy atom. The summed E-state index contributed by atoms with van der Waals surface area (Å²) >= 11 is 0. The van der Waals surface area contributed by atoms with Crippen molar-refractivity contribution in [1.29, 1.82) is 0 Å². The topological polar surface area (TPSA) is 46.2 Å². The molecule has 2 nitrogen and oxygen atoms in total. The maximum absolute atomic E-state index is 10.6. The van der Waals surface area contributed by atoms with Crippen molar-refractivity contribution in [3.63, 3.8) is 0 Å². The maximum atomic E-state index is 10.6. The lowest BCUT2D eigenvalue weighted by Gasteiger charge is -2.31. The van der Waals surface area contributed by atoms with Gasteiger partial charge in [0.05, 0.1) is 5.60 Å². The van der Waals surface area contributed by atoms with E-state index in [0.29, 0.717) is 6.54 Å². The second-order valence-corrected chi connectivity index (χ2v) is 4.57. The van der Waals surface area contributed by atoms with Gasteiger partial charge in [-0.05, 0) is 24.1 Å². The van der Waals surface area contributed by atoms with Gasteiger partial charge in [0.1, 0.15) is 0 Å². The Morgan fingerprint density at radius 2 is 1.87 bits per heavy atom. The normalized spacial score (nSPS) is 19.9. The third-order valence-electron chi connectivity index (χ3n) is 3.65. The molecule has 0 saturated carbocycles. The average molecular weight is 205 g/mol. The zero-order chi connectivity index (χ0) is 10.9. The molecule has 2 rings (SSSR count). The van der Waals surface area contributed by atoms with Gasteiger partial charge in [-0.3, -0.25) is 0 Å². The fourth-order valence-electron chi connectivity index (χ4n) is 2.68. The van der Waals surface area contributed by atoms with Crippen LogP contribution >= 0.6 is 0 Å². The molecule has 0 saturated heterocycles. The van der Waals surface area contributed by atoms with Crippen LogP contribution in [0.3, 0.4) is 0 Å². The number of fused-ring (bicyclic) bond motifs is 1. The van der Waals surface area contributed by atoms with Crippen LogP contribution in [-0.4, -0.2) is 17.3 Å². The Labute approximate surface area is 91.1 Å². The van der Waals surface area contributed by atoms with Crippen LogP contribution in [0.5, 0.6) is 0 Å². The monoisotopic (exact) mass is 205 g/mol. The van der Waals surface area contributed by atoms with Gasteiger partial charge < -0.3 is 10.8 Å². The van der Waals surface area contributed by atoms with E-state index in [4.69, 9.17) is 5.73 Å². The van der Waals surface area contributed by atoms with Crippen molar-refractivity contribution < 1.29 is 5.11 Å². The van der Waals surface area contributed by atoms with E-state index in [2.05, 4.69) is 19.1 Å². The number of aliphatic hydroxyl groups is 1. The first-order valence-corrected chi connectivity index (χ1v) is 5.69. The quantitative estimate of drug-likeness (QED) is 0.785. The van der Waals surface area contributed by atoms with Gasteiger partial charge in [-0.1, -0.05) is 31.2 Å². The third-order valence-corrected chi connectivity index (χ3v) is 3.65. The minimum atomic E-state index is -0.604. The van der Waals surface area contributed by atoms with E-state index in [1.54, 1.807) is 0 Å². The highest BCUT2D eigenvalue weighted by atomic mass is 16.3. The van der Waals surface area contributed by atoms with Crippen LogP contribution in [0.4, 0.5) is 0 Å². The molecule has 15 heavy (non-hydrogen) atoms. The van der Waals surface area contributed by atoms with Gasteiger partial charge >= 0.3 is 0 Å². The molecule has 1 aliphatic carbocycles. The average Bonchev–Trinajstić information content (AvgIpc) is 2.56. The Balaban J connectivity index is 2.24. The standard InChI is InChI=1S/C13H19NO/c1-2-12(9-14)13(15)7-10-5-3-4-6-11(10)8-13/h3-6,12,15H,2,7-9,14H2,1H3. The Kier molecular flexibility index (Phi) is 2.81. The van der Waals surface area contributed by atoms with Crippen molar-refractivity contribution in [3.8, 4) is 0 Å². The molecule has 1 atom stereocenters. The molecule has 0 fully saturated rings. The van der Waals surface area contributed by atoms with Crippen LogP contribution in [0.15, 0.2) is 24.3 Å². The highest BCUT2D eigenvalue weighted by Crippen LogP contribution is 2.36. The highest BCUT2D eigenvalue weighted by Gasteiger charge is 2.40. The molecule has 0 spiro atoms. The van der Waals surface area contributed by atoms with Gasteiger partial charge in [-0.15, -0.1) is 0 Å². The first-order valence-electron chi connectivity index (χ1n) is 5.69. The zero-order valence-corrected chi connectivity index (χ0v) is 9.24. The predicted molar refractivity (Wildman–Crippen MR) is 61.6 cm³/mol. The van der Waals surface area contributed by atoms with Gasteiger partial charge in [0, 0.05) is 18.8 Å². The largest absolute Gasteiger partial charge is 0.389 e. The van der Waals surface area contributed by atoms with Crippen molar-refractivity contribution in [2.45, 2.75) is 31.8 Å². The lowest BCUT2D eigenvalue weighted by molar-refractivity contribution is -0.00709. The molecular formula is C13H19NO. The number of rotatable bonds is 3. The van der Waals surface area contributed by atoms with E-state index in [0.717, 1.165) is 19.3 Å². The summed E-state index contributed by atoms with van der Waals surface area (Å²) in [4.78, 5) is 0. The second-order valence-electron chi connectivity index (χ2n) is 4.57. The fraction of sp³-hybridized carbons (Fsp3) is 0.538. The summed E-state index contributed by atoms with van der Waals surface area (Å²) in [5, 5.41) is 10.6. The minimum absolute atomic E-state index is 0.213.